The third kappa shape index (κ3) is 2.54. The van der Waals surface area contributed by atoms with Crippen LogP contribution in [0.4, 0.5) is 0 Å². The average Bonchev–Trinajstić information content (AvgIpc) is 2.79. The quantitative estimate of drug-likeness (QED) is 0.759. The molecule has 0 bridgehead atoms. The van der Waals surface area contributed by atoms with E-state index < -0.39 is 0 Å². The summed E-state index contributed by atoms with van der Waals surface area (Å²) in [6.07, 6.45) is 1.74. The lowest BCUT2D eigenvalue weighted by Crippen LogP contribution is -2.12. The number of carbonyl (C=O) groups excluding carboxylic acids is 1. The first-order valence-corrected chi connectivity index (χ1v) is 5.63. The molecule has 4 heteroatoms. The van der Waals surface area contributed by atoms with Crippen molar-refractivity contribution >= 4 is 17.9 Å². The summed E-state index contributed by atoms with van der Waals surface area (Å²) in [5.74, 6) is 0.966. The predicted molar refractivity (Wildman–Crippen MR) is 61.3 cm³/mol. The number of benzene rings is 1. The molecule has 1 aromatic carbocycles. The molecular weight excluding hydrogens is 228 g/mol. The van der Waals surface area contributed by atoms with Gasteiger partial charge in [0, 0.05) is 12.5 Å². The van der Waals surface area contributed by atoms with Gasteiger partial charge in [-0.2, -0.15) is 0 Å². The molecule has 0 aliphatic carbocycles. The summed E-state index contributed by atoms with van der Waals surface area (Å²) >= 11 is 5.89. The van der Waals surface area contributed by atoms with Gasteiger partial charge in [-0.15, -0.1) is 0 Å². The summed E-state index contributed by atoms with van der Waals surface area (Å²) in [4.78, 5) is 10.9. The lowest BCUT2D eigenvalue weighted by molar-refractivity contribution is 0.111. The van der Waals surface area contributed by atoms with Crippen LogP contribution in [0, 0.1) is 5.92 Å². The van der Waals surface area contributed by atoms with E-state index in [1.54, 1.807) is 18.2 Å². The minimum atomic E-state index is 0.415. The van der Waals surface area contributed by atoms with Gasteiger partial charge in [-0.3, -0.25) is 4.79 Å². The Bertz CT molecular complexity index is 373. The summed E-state index contributed by atoms with van der Waals surface area (Å²) < 4.78 is 10.8. The number of hydrogen-bond donors (Lipinski definition) is 0. The van der Waals surface area contributed by atoms with Crippen LogP contribution in [0.1, 0.15) is 16.8 Å². The van der Waals surface area contributed by atoms with Crippen LogP contribution in [0.5, 0.6) is 5.75 Å². The maximum Gasteiger partial charge on any atom is 0.155 e. The van der Waals surface area contributed by atoms with E-state index in [1.807, 2.05) is 0 Å². The van der Waals surface area contributed by atoms with Gasteiger partial charge in [0.25, 0.3) is 0 Å². The molecule has 0 radical (unpaired) electrons. The first-order chi connectivity index (χ1) is 7.81. The molecule has 1 atom stereocenters. The highest BCUT2D eigenvalue weighted by Crippen LogP contribution is 2.25. The zero-order valence-corrected chi connectivity index (χ0v) is 9.57. The van der Waals surface area contributed by atoms with Gasteiger partial charge in [0.15, 0.2) is 6.29 Å². The lowest BCUT2D eigenvalue weighted by Gasteiger charge is -2.12. The van der Waals surface area contributed by atoms with E-state index in [-0.39, 0.29) is 0 Å². The van der Waals surface area contributed by atoms with Crippen molar-refractivity contribution < 1.29 is 14.3 Å². The van der Waals surface area contributed by atoms with Crippen LogP contribution in [0.3, 0.4) is 0 Å². The van der Waals surface area contributed by atoms with Gasteiger partial charge < -0.3 is 9.47 Å². The summed E-state index contributed by atoms with van der Waals surface area (Å²) in [6.45, 7) is 2.10. The summed E-state index contributed by atoms with van der Waals surface area (Å²) in [5, 5.41) is 0.426. The van der Waals surface area contributed by atoms with Crippen molar-refractivity contribution in [1.82, 2.24) is 0 Å². The van der Waals surface area contributed by atoms with E-state index in [0.29, 0.717) is 28.9 Å². The van der Waals surface area contributed by atoms with Crippen LogP contribution in [0.15, 0.2) is 18.2 Å². The second kappa shape index (κ2) is 5.32. The molecule has 3 nitrogen and oxygen atoms in total. The molecule has 1 aromatic rings. The van der Waals surface area contributed by atoms with Crippen LogP contribution < -0.4 is 4.74 Å². The minimum absolute atomic E-state index is 0.415. The van der Waals surface area contributed by atoms with E-state index >= 15 is 0 Å². The van der Waals surface area contributed by atoms with Crippen molar-refractivity contribution in [3.63, 3.8) is 0 Å². The zero-order valence-electron chi connectivity index (χ0n) is 8.82. The third-order valence-corrected chi connectivity index (χ3v) is 2.96. The summed E-state index contributed by atoms with van der Waals surface area (Å²) in [6, 6.07) is 5.21. The van der Waals surface area contributed by atoms with Crippen LogP contribution >= 0.6 is 11.6 Å². The molecule has 2 rings (SSSR count). The second-order valence-electron chi connectivity index (χ2n) is 3.81. The molecular formula is C12H13ClO3. The number of carbonyl (C=O) groups is 1. The maximum atomic E-state index is 10.9. The minimum Gasteiger partial charge on any atom is -0.492 e. The van der Waals surface area contributed by atoms with E-state index in [0.717, 1.165) is 25.9 Å². The average molecular weight is 241 g/mol. The Hall–Kier alpha value is -1.06. The topological polar surface area (TPSA) is 35.5 Å². The van der Waals surface area contributed by atoms with Gasteiger partial charge in [0.1, 0.15) is 5.75 Å². The van der Waals surface area contributed by atoms with Gasteiger partial charge >= 0.3 is 0 Å². The molecule has 1 saturated heterocycles. The highest BCUT2D eigenvalue weighted by atomic mass is 35.5. The molecule has 1 unspecified atom stereocenters. The molecule has 1 fully saturated rings. The van der Waals surface area contributed by atoms with Crippen molar-refractivity contribution in [2.45, 2.75) is 6.42 Å². The van der Waals surface area contributed by atoms with E-state index in [9.17, 15) is 4.79 Å². The normalized spacial score (nSPS) is 19.7. The fourth-order valence-electron chi connectivity index (χ4n) is 1.68. The Labute approximate surface area is 99.3 Å². The lowest BCUT2D eigenvalue weighted by atomic mass is 10.1. The Balaban J connectivity index is 2.02. The first-order valence-electron chi connectivity index (χ1n) is 5.25. The number of ether oxygens (including phenoxy) is 2. The fourth-order valence-corrected chi connectivity index (χ4v) is 1.89. The molecule has 0 N–H and O–H groups in total. The molecule has 16 heavy (non-hydrogen) atoms. The van der Waals surface area contributed by atoms with Crippen molar-refractivity contribution in [1.29, 1.82) is 0 Å². The zero-order chi connectivity index (χ0) is 11.4. The van der Waals surface area contributed by atoms with Crippen LogP contribution in [-0.2, 0) is 4.74 Å². The van der Waals surface area contributed by atoms with Crippen LogP contribution in [-0.4, -0.2) is 26.1 Å². The molecule has 1 heterocycles. The summed E-state index contributed by atoms with van der Waals surface area (Å²) in [7, 11) is 0. The number of hydrogen-bond acceptors (Lipinski definition) is 3. The largest absolute Gasteiger partial charge is 0.492 e. The molecule has 86 valence electrons. The van der Waals surface area contributed by atoms with Crippen molar-refractivity contribution in [2.24, 2.45) is 5.92 Å². The van der Waals surface area contributed by atoms with Crippen molar-refractivity contribution in [3.05, 3.63) is 28.8 Å². The van der Waals surface area contributed by atoms with E-state index in [4.69, 9.17) is 21.1 Å². The SMILES string of the molecule is O=Cc1c(Cl)cccc1OCC1CCOC1. The Morgan fingerprint density at radius 3 is 3.12 bits per heavy atom. The standard InChI is InChI=1S/C12H13ClO3/c13-11-2-1-3-12(10(11)6-14)16-8-9-4-5-15-7-9/h1-3,6,9H,4-5,7-8H2. The fraction of sp³-hybridized carbons (Fsp3) is 0.417. The molecule has 0 amide bonds. The first kappa shape index (κ1) is 11.4. The van der Waals surface area contributed by atoms with E-state index in [2.05, 4.69) is 0 Å². The Morgan fingerprint density at radius 2 is 2.44 bits per heavy atom. The van der Waals surface area contributed by atoms with Crippen molar-refractivity contribution in [3.8, 4) is 5.75 Å². The smallest absolute Gasteiger partial charge is 0.155 e. The maximum absolute atomic E-state index is 10.9. The van der Waals surface area contributed by atoms with Gasteiger partial charge in [0.05, 0.1) is 23.8 Å². The molecule has 0 saturated carbocycles. The molecule has 0 aromatic heterocycles. The summed E-state index contributed by atoms with van der Waals surface area (Å²) in [5.41, 5.74) is 0.420. The molecule has 1 aliphatic heterocycles. The Morgan fingerprint density at radius 1 is 1.56 bits per heavy atom. The predicted octanol–water partition coefficient (Wildman–Crippen LogP) is 2.57. The van der Waals surface area contributed by atoms with Gasteiger partial charge in [-0.05, 0) is 18.6 Å². The molecule has 1 aliphatic rings. The molecule has 0 spiro atoms. The number of rotatable bonds is 4. The van der Waals surface area contributed by atoms with Gasteiger partial charge in [-0.1, -0.05) is 17.7 Å². The highest BCUT2D eigenvalue weighted by Gasteiger charge is 2.17. The monoisotopic (exact) mass is 240 g/mol. The number of halogens is 1. The highest BCUT2D eigenvalue weighted by molar-refractivity contribution is 6.33. The van der Waals surface area contributed by atoms with Gasteiger partial charge in [0.2, 0.25) is 0 Å². The van der Waals surface area contributed by atoms with Crippen LogP contribution in [0.2, 0.25) is 5.02 Å². The van der Waals surface area contributed by atoms with E-state index in [1.165, 1.54) is 0 Å². The van der Waals surface area contributed by atoms with Crippen molar-refractivity contribution in [2.75, 3.05) is 19.8 Å². The van der Waals surface area contributed by atoms with Gasteiger partial charge in [-0.25, -0.2) is 0 Å². The van der Waals surface area contributed by atoms with Crippen LogP contribution in [0.25, 0.3) is 0 Å². The number of aldehydes is 1. The Kier molecular flexibility index (Phi) is 3.80. The third-order valence-electron chi connectivity index (χ3n) is 2.63. The second-order valence-corrected chi connectivity index (χ2v) is 4.22.